The van der Waals surface area contributed by atoms with Gasteiger partial charge in [0.25, 0.3) is 0 Å². The number of benzene rings is 2. The number of hydrogen-bond acceptors (Lipinski definition) is 1. The van der Waals surface area contributed by atoms with Gasteiger partial charge in [-0.05, 0) is 31.2 Å². The maximum absolute atomic E-state index is 4.94. The molecule has 0 aliphatic carbocycles. The number of pyridine rings is 1. The number of rotatable bonds is 5. The van der Waals surface area contributed by atoms with E-state index in [9.17, 15) is 0 Å². The minimum atomic E-state index is 0. The van der Waals surface area contributed by atoms with Gasteiger partial charge in [0.05, 0.1) is 5.65 Å². The molecule has 4 rings (SSSR count). The number of unbranched alkanes of at least 4 members (excludes halogenated alkanes) is 3. The third-order valence-electron chi connectivity index (χ3n) is 4.82. The molecule has 0 spiro atoms. The van der Waals surface area contributed by atoms with Gasteiger partial charge in [-0.3, -0.25) is 4.98 Å². The first-order valence-corrected chi connectivity index (χ1v) is 8.98. The molecule has 0 N–H and O–H groups in total. The molecule has 4 aromatic rings. The Bertz CT molecular complexity index is 1020. The van der Waals surface area contributed by atoms with E-state index in [4.69, 9.17) is 4.98 Å². The van der Waals surface area contributed by atoms with E-state index in [2.05, 4.69) is 60.8 Å². The summed E-state index contributed by atoms with van der Waals surface area (Å²) in [6.45, 7) is 4.40. The first-order chi connectivity index (χ1) is 11.8. The Morgan fingerprint density at radius 3 is 2.80 bits per heavy atom. The topological polar surface area (TPSA) is 17.3 Å². The molecule has 3 heteroatoms. The van der Waals surface area contributed by atoms with Gasteiger partial charge in [-0.2, -0.15) is 0 Å². The summed E-state index contributed by atoms with van der Waals surface area (Å²) >= 11 is 0. The molecule has 2 nitrogen and oxygen atoms in total. The Morgan fingerprint density at radius 2 is 1.96 bits per heavy atom. The predicted octanol–water partition coefficient (Wildman–Crippen LogP) is 5.87. The smallest absolute Gasteiger partial charge is 0.0612 e. The molecule has 0 aliphatic heterocycles. The van der Waals surface area contributed by atoms with Gasteiger partial charge in [-0.15, -0.1) is 29.7 Å². The molecule has 0 fully saturated rings. The van der Waals surface area contributed by atoms with Crippen molar-refractivity contribution >= 4 is 27.3 Å². The predicted molar refractivity (Wildman–Crippen MR) is 102 cm³/mol. The van der Waals surface area contributed by atoms with Gasteiger partial charge in [-0.25, -0.2) is 0 Å². The third kappa shape index (κ3) is 3.36. The van der Waals surface area contributed by atoms with Crippen LogP contribution in [0.2, 0.25) is 0 Å². The largest absolute Gasteiger partial charge is 0.340 e. The van der Waals surface area contributed by atoms with E-state index in [-0.39, 0.29) is 20.1 Å². The van der Waals surface area contributed by atoms with Gasteiger partial charge in [-0.1, -0.05) is 49.3 Å². The molecule has 2 heterocycles. The maximum Gasteiger partial charge on any atom is 0.0612 e. The molecule has 2 aromatic heterocycles. The Balaban J connectivity index is 0.00000182. The average molecular weight is 508 g/mol. The van der Waals surface area contributed by atoms with Gasteiger partial charge >= 0.3 is 0 Å². The average Bonchev–Trinajstić information content (AvgIpc) is 3.03. The summed E-state index contributed by atoms with van der Waals surface area (Å²) in [6.07, 6.45) is 8.37. The van der Waals surface area contributed by atoms with E-state index >= 15 is 0 Å². The van der Waals surface area contributed by atoms with Crippen LogP contribution in [0.15, 0.2) is 42.6 Å². The van der Waals surface area contributed by atoms with Crippen LogP contribution in [-0.4, -0.2) is 9.38 Å². The quantitative estimate of drug-likeness (QED) is 0.188. The maximum atomic E-state index is 4.94. The fourth-order valence-corrected chi connectivity index (χ4v) is 3.56. The number of hydrogen-bond donors (Lipinski definition) is 0. The summed E-state index contributed by atoms with van der Waals surface area (Å²) in [5.41, 5.74) is 4.74. The second kappa shape index (κ2) is 7.68. The van der Waals surface area contributed by atoms with E-state index in [0.717, 1.165) is 17.5 Å². The fourth-order valence-electron chi connectivity index (χ4n) is 3.56. The van der Waals surface area contributed by atoms with E-state index in [1.807, 2.05) is 6.07 Å². The first kappa shape index (κ1) is 18.1. The Hall–Kier alpha value is -1.70. The molecular formula is C22H23IrN2-. The monoisotopic (exact) mass is 508 g/mol. The first-order valence-electron chi connectivity index (χ1n) is 8.98. The van der Waals surface area contributed by atoms with Crippen LogP contribution in [0, 0.1) is 13.0 Å². The molecule has 2 aromatic carbocycles. The number of imidazole rings is 1. The number of fused-ring (bicyclic) bond motifs is 6. The molecule has 0 unspecified atom stereocenters. The molecule has 25 heavy (non-hydrogen) atoms. The van der Waals surface area contributed by atoms with Crippen LogP contribution in [0.5, 0.6) is 0 Å². The molecule has 0 atom stereocenters. The summed E-state index contributed by atoms with van der Waals surface area (Å²) < 4.78 is 2.25. The van der Waals surface area contributed by atoms with Gasteiger partial charge in [0.15, 0.2) is 0 Å². The number of nitrogens with zero attached hydrogens (tertiary/aromatic N) is 2. The molecule has 0 saturated heterocycles. The zero-order valence-corrected chi connectivity index (χ0v) is 17.2. The normalized spacial score (nSPS) is 11.3. The van der Waals surface area contributed by atoms with Gasteiger partial charge in [0.1, 0.15) is 0 Å². The summed E-state index contributed by atoms with van der Waals surface area (Å²) in [6, 6.07) is 16.3. The van der Waals surface area contributed by atoms with Crippen molar-refractivity contribution in [3.8, 4) is 0 Å². The molecule has 131 valence electrons. The van der Waals surface area contributed by atoms with Gasteiger partial charge in [0, 0.05) is 37.5 Å². The van der Waals surface area contributed by atoms with E-state index in [1.54, 1.807) is 0 Å². The van der Waals surface area contributed by atoms with Crippen molar-refractivity contribution in [2.75, 3.05) is 0 Å². The Morgan fingerprint density at radius 1 is 1.08 bits per heavy atom. The van der Waals surface area contributed by atoms with E-state index < -0.39 is 0 Å². The summed E-state index contributed by atoms with van der Waals surface area (Å²) in [5, 5.41) is 3.64. The zero-order valence-electron chi connectivity index (χ0n) is 14.8. The Kier molecular flexibility index (Phi) is 5.56. The van der Waals surface area contributed by atoms with Crippen molar-refractivity contribution in [1.29, 1.82) is 0 Å². The second-order valence-corrected chi connectivity index (χ2v) is 6.72. The van der Waals surface area contributed by atoms with Crippen molar-refractivity contribution in [1.82, 2.24) is 9.38 Å². The van der Waals surface area contributed by atoms with Crippen molar-refractivity contribution in [3.05, 3.63) is 59.9 Å². The van der Waals surface area contributed by atoms with E-state index in [1.165, 1.54) is 53.2 Å². The molecule has 1 radical (unpaired) electrons. The molecule has 0 bridgehead atoms. The third-order valence-corrected chi connectivity index (χ3v) is 4.82. The van der Waals surface area contributed by atoms with Crippen molar-refractivity contribution in [2.45, 2.75) is 46.0 Å². The molecule has 0 aliphatic rings. The van der Waals surface area contributed by atoms with Gasteiger partial charge in [0.2, 0.25) is 0 Å². The van der Waals surface area contributed by atoms with Crippen LogP contribution in [0.3, 0.4) is 0 Å². The summed E-state index contributed by atoms with van der Waals surface area (Å²) in [4.78, 5) is 4.94. The zero-order chi connectivity index (χ0) is 16.5. The second-order valence-electron chi connectivity index (χ2n) is 6.72. The minimum absolute atomic E-state index is 0. The molecule has 0 amide bonds. The number of aryl methyl sites for hydroxylation is 2. The molecular weight excluding hydrogens is 484 g/mol. The van der Waals surface area contributed by atoms with Crippen LogP contribution in [0.25, 0.3) is 27.3 Å². The number of aromatic nitrogens is 2. The van der Waals surface area contributed by atoms with Crippen molar-refractivity contribution < 1.29 is 20.1 Å². The van der Waals surface area contributed by atoms with Crippen LogP contribution in [0.4, 0.5) is 0 Å². The standard InChI is InChI=1S/C22H23N2.Ir/c1-3-4-5-6-9-17-15-24-21-13-12-16(2)14-20(21)18-10-7-8-11-19(18)22(24)23-17;/h7-8,10,12-15H,3-6,9H2,1-2H3;/q-1;. The summed E-state index contributed by atoms with van der Waals surface area (Å²) in [5.74, 6) is 0. The SMILES string of the molecule is CCCCCCc1cn2c3ccc(C)cc3c3ccc[c-]c3c2n1.[Ir]. The molecule has 0 saturated carbocycles. The Labute approximate surface area is 162 Å². The van der Waals surface area contributed by atoms with Crippen LogP contribution >= 0.6 is 0 Å². The van der Waals surface area contributed by atoms with Gasteiger partial charge < -0.3 is 4.40 Å². The summed E-state index contributed by atoms with van der Waals surface area (Å²) in [7, 11) is 0. The minimum Gasteiger partial charge on any atom is -0.340 e. The fraction of sp³-hybridized carbons (Fsp3) is 0.318. The van der Waals surface area contributed by atoms with Crippen LogP contribution < -0.4 is 0 Å². The van der Waals surface area contributed by atoms with E-state index in [0.29, 0.717) is 0 Å². The van der Waals surface area contributed by atoms with Crippen LogP contribution in [0.1, 0.15) is 43.9 Å². The van der Waals surface area contributed by atoms with Crippen molar-refractivity contribution in [2.24, 2.45) is 0 Å². The van der Waals surface area contributed by atoms with Crippen molar-refractivity contribution in [3.63, 3.8) is 0 Å². The van der Waals surface area contributed by atoms with Crippen LogP contribution in [-0.2, 0) is 26.5 Å².